The average Bonchev–Trinajstić information content (AvgIpc) is 2.59. The van der Waals surface area contributed by atoms with Gasteiger partial charge in [0, 0.05) is 0 Å². The van der Waals surface area contributed by atoms with Gasteiger partial charge in [0.2, 0.25) is 0 Å². The third-order valence-corrected chi connectivity index (χ3v) is 6.55. The molecule has 3 heteroatoms. The van der Waals surface area contributed by atoms with Crippen molar-refractivity contribution in [1.29, 1.82) is 0 Å². The van der Waals surface area contributed by atoms with Gasteiger partial charge in [0.1, 0.15) is 0 Å². The Bertz CT molecular complexity index is 868. The summed E-state index contributed by atoms with van der Waals surface area (Å²) < 4.78 is 8.48. The molecule has 0 unspecified atom stereocenters. The van der Waals surface area contributed by atoms with Crippen LogP contribution in [0, 0.1) is 13.8 Å². The van der Waals surface area contributed by atoms with Crippen molar-refractivity contribution in [3.05, 3.63) is 71.8 Å². The van der Waals surface area contributed by atoms with Gasteiger partial charge >= 0.3 is 149 Å². The zero-order valence-corrected chi connectivity index (χ0v) is 15.8. The van der Waals surface area contributed by atoms with E-state index >= 15 is 0 Å². The summed E-state index contributed by atoms with van der Waals surface area (Å²) in [4.78, 5) is 2.34. The first kappa shape index (κ1) is 15.3. The van der Waals surface area contributed by atoms with E-state index in [2.05, 4.69) is 67.3 Å². The molecule has 0 N–H and O–H groups in total. The minimum absolute atomic E-state index is 0.321. The van der Waals surface area contributed by atoms with Crippen molar-refractivity contribution in [3.63, 3.8) is 0 Å². The second kappa shape index (κ2) is 6.01. The van der Waals surface area contributed by atoms with E-state index in [0.29, 0.717) is 15.0 Å². The first-order chi connectivity index (χ1) is 11.7. The molecule has 120 valence electrons. The number of hydrogen-bond acceptors (Lipinski definition) is 2. The van der Waals surface area contributed by atoms with Gasteiger partial charge in [-0.15, -0.1) is 0 Å². The van der Waals surface area contributed by atoms with E-state index < -0.39 is 0 Å². The van der Waals surface area contributed by atoms with Crippen LogP contribution in [0.4, 0.5) is 17.1 Å². The maximum absolute atomic E-state index is 5.64. The Kier molecular flexibility index (Phi) is 3.84. The number of aryl methyl sites for hydroxylation is 2. The summed E-state index contributed by atoms with van der Waals surface area (Å²) in [7, 11) is 1.73. The molecule has 3 aromatic carbocycles. The molecule has 0 saturated carbocycles. The summed E-state index contributed by atoms with van der Waals surface area (Å²) in [6, 6.07) is 21.7. The number of ether oxygens (including phenoxy) is 1. The van der Waals surface area contributed by atoms with Crippen LogP contribution in [-0.4, -0.2) is 22.1 Å². The van der Waals surface area contributed by atoms with E-state index in [0.717, 1.165) is 11.4 Å². The maximum atomic E-state index is 5.64. The number of rotatable bonds is 2. The van der Waals surface area contributed by atoms with Gasteiger partial charge in [0.25, 0.3) is 0 Å². The average molecular weight is 380 g/mol. The van der Waals surface area contributed by atoms with Gasteiger partial charge in [0.05, 0.1) is 0 Å². The van der Waals surface area contributed by atoms with Crippen LogP contribution >= 0.6 is 0 Å². The van der Waals surface area contributed by atoms with Crippen LogP contribution in [0.25, 0.3) is 0 Å². The number of fused-ring (bicyclic) bond motifs is 2. The molecule has 0 fully saturated rings. The molecule has 3 aromatic rings. The van der Waals surface area contributed by atoms with Gasteiger partial charge in [-0.1, -0.05) is 0 Å². The molecule has 0 bridgehead atoms. The number of nitrogens with zero attached hydrogens (tertiary/aromatic N) is 1. The van der Waals surface area contributed by atoms with Crippen molar-refractivity contribution in [2.75, 3.05) is 12.0 Å². The summed E-state index contributed by atoms with van der Waals surface area (Å²) in [5.74, 6) is 0.893. The number of benzene rings is 3. The number of para-hydroxylation sites is 2. The summed E-state index contributed by atoms with van der Waals surface area (Å²) in [6.07, 6.45) is 0. The first-order valence-electron chi connectivity index (χ1n) is 7.99. The molecular weight excluding hydrogens is 361 g/mol. The number of methoxy groups -OCH3 is 1. The Morgan fingerprint density at radius 1 is 0.750 bits per heavy atom. The normalized spacial score (nSPS) is 12.5. The van der Waals surface area contributed by atoms with Crippen molar-refractivity contribution in [2.45, 2.75) is 13.8 Å². The summed E-state index contributed by atoms with van der Waals surface area (Å²) in [5.41, 5.74) is 6.24. The van der Waals surface area contributed by atoms with Gasteiger partial charge in [-0.2, -0.15) is 0 Å². The molecule has 2 nitrogen and oxygen atoms in total. The van der Waals surface area contributed by atoms with Gasteiger partial charge in [-0.05, 0) is 0 Å². The van der Waals surface area contributed by atoms with E-state index in [4.69, 9.17) is 4.74 Å². The van der Waals surface area contributed by atoms with Crippen LogP contribution in [0.3, 0.4) is 0 Å². The fraction of sp³-hybridized carbons (Fsp3) is 0.143. The topological polar surface area (TPSA) is 12.5 Å². The van der Waals surface area contributed by atoms with Crippen LogP contribution in [0.15, 0.2) is 60.7 Å². The molecule has 1 aliphatic rings. The molecule has 24 heavy (non-hydrogen) atoms. The van der Waals surface area contributed by atoms with Crippen LogP contribution in [0.1, 0.15) is 11.1 Å². The van der Waals surface area contributed by atoms with Gasteiger partial charge < -0.3 is 0 Å². The summed E-state index contributed by atoms with van der Waals surface area (Å²) in [6.45, 7) is 4.32. The van der Waals surface area contributed by atoms with Crippen LogP contribution < -0.4 is 18.6 Å². The predicted octanol–water partition coefficient (Wildman–Crippen LogP) is 3.75. The Balaban J connectivity index is 1.99. The van der Waals surface area contributed by atoms with Crippen molar-refractivity contribution < 1.29 is 4.74 Å². The Hall–Kier alpha value is -2.22. The molecule has 1 aliphatic heterocycles. The molecule has 0 saturated heterocycles. The molecule has 0 spiro atoms. The Morgan fingerprint density at radius 3 is 1.92 bits per heavy atom. The number of anilines is 3. The van der Waals surface area contributed by atoms with Gasteiger partial charge in [-0.3, -0.25) is 0 Å². The predicted molar refractivity (Wildman–Crippen MR) is 102 cm³/mol. The van der Waals surface area contributed by atoms with Crippen molar-refractivity contribution in [1.82, 2.24) is 0 Å². The molecule has 1 heterocycles. The second-order valence-corrected chi connectivity index (χ2v) is 8.33. The minimum atomic E-state index is 0.321. The Labute approximate surface area is 149 Å². The standard InChI is InChI=1S/C21H19NOSe/c1-14-8-10-17-20(12-14)24-21-13-15(2)9-11-18(21)22(17)16-6-4-5-7-19(16)23-3/h4-13H,1-3H3. The molecular formula is C21H19NOSe. The summed E-state index contributed by atoms with van der Waals surface area (Å²) in [5, 5.41) is 0. The number of hydrogen-bond donors (Lipinski definition) is 0. The fourth-order valence-electron chi connectivity index (χ4n) is 3.10. The van der Waals surface area contributed by atoms with Gasteiger partial charge in [-0.25, -0.2) is 0 Å². The van der Waals surface area contributed by atoms with Crippen molar-refractivity contribution in [2.24, 2.45) is 0 Å². The van der Waals surface area contributed by atoms with E-state index in [1.54, 1.807) is 7.11 Å². The van der Waals surface area contributed by atoms with Crippen molar-refractivity contribution >= 4 is 40.9 Å². The van der Waals surface area contributed by atoms with E-state index in [1.807, 2.05) is 12.1 Å². The van der Waals surface area contributed by atoms with E-state index in [9.17, 15) is 0 Å². The third-order valence-electron chi connectivity index (χ3n) is 4.26. The SMILES string of the molecule is COc1ccccc1N1c2ccc(C)cc2[Se]c2cc(C)ccc21. The quantitative estimate of drug-likeness (QED) is 0.491. The van der Waals surface area contributed by atoms with Crippen molar-refractivity contribution in [3.8, 4) is 5.75 Å². The molecule has 0 radical (unpaired) electrons. The fourth-order valence-corrected chi connectivity index (χ4v) is 5.73. The van der Waals surface area contributed by atoms with Crippen LogP contribution in [-0.2, 0) is 0 Å². The van der Waals surface area contributed by atoms with Crippen LogP contribution in [0.2, 0.25) is 0 Å². The Morgan fingerprint density at radius 2 is 1.33 bits per heavy atom. The molecule has 0 amide bonds. The monoisotopic (exact) mass is 381 g/mol. The molecule has 0 aliphatic carbocycles. The zero-order chi connectivity index (χ0) is 16.7. The second-order valence-electron chi connectivity index (χ2n) is 6.05. The van der Waals surface area contributed by atoms with Gasteiger partial charge in [0.15, 0.2) is 0 Å². The van der Waals surface area contributed by atoms with E-state index in [-0.39, 0.29) is 0 Å². The molecule has 0 aromatic heterocycles. The third kappa shape index (κ3) is 2.50. The van der Waals surface area contributed by atoms with E-state index in [1.165, 1.54) is 31.4 Å². The first-order valence-corrected chi connectivity index (χ1v) is 9.71. The molecule has 0 atom stereocenters. The summed E-state index contributed by atoms with van der Waals surface area (Å²) >= 11 is 0.321. The van der Waals surface area contributed by atoms with Crippen LogP contribution in [0.5, 0.6) is 5.75 Å². The molecule has 4 rings (SSSR count). The zero-order valence-electron chi connectivity index (χ0n) is 14.0.